The van der Waals surface area contributed by atoms with Crippen LogP contribution in [0.15, 0.2) is 35.3 Å². The minimum Gasteiger partial charge on any atom is -0.309 e. The number of halogens is 3. The van der Waals surface area contributed by atoms with Crippen LogP contribution in [0, 0.1) is 6.92 Å². The number of aromatic amines is 1. The predicted molar refractivity (Wildman–Crippen MR) is 88.4 cm³/mol. The first-order valence-electron chi connectivity index (χ1n) is 7.50. The summed E-state index contributed by atoms with van der Waals surface area (Å²) in [5.74, 6) is 0.0453. The van der Waals surface area contributed by atoms with E-state index in [1.165, 1.54) is 0 Å². The van der Waals surface area contributed by atoms with Gasteiger partial charge in [0.1, 0.15) is 0 Å². The molecule has 3 N–H and O–H groups in total. The highest BCUT2D eigenvalue weighted by Crippen LogP contribution is 2.29. The number of H-pyrrole nitrogens is 1. The van der Waals surface area contributed by atoms with Gasteiger partial charge in [0.2, 0.25) is 5.96 Å². The third kappa shape index (κ3) is 5.33. The molecule has 0 aliphatic carbocycles. The molecule has 9 heteroatoms. The van der Waals surface area contributed by atoms with Crippen LogP contribution < -0.4 is 10.6 Å². The summed E-state index contributed by atoms with van der Waals surface area (Å²) in [7, 11) is 0. The van der Waals surface area contributed by atoms with E-state index >= 15 is 0 Å². The maximum absolute atomic E-state index is 12.6. The van der Waals surface area contributed by atoms with Crippen molar-refractivity contribution in [1.29, 1.82) is 0 Å². The summed E-state index contributed by atoms with van der Waals surface area (Å²) in [5.41, 5.74) is 0.0928. The third-order valence-corrected chi connectivity index (χ3v) is 3.05. The average Bonchev–Trinajstić information content (AvgIpc) is 2.90. The molecule has 2 aromatic rings. The Balaban J connectivity index is 2.13. The van der Waals surface area contributed by atoms with Gasteiger partial charge in [-0.25, -0.2) is 4.99 Å². The fourth-order valence-corrected chi connectivity index (χ4v) is 1.95. The van der Waals surface area contributed by atoms with Crippen LogP contribution in [0.4, 0.5) is 19.0 Å². The molecule has 1 amide bonds. The molecule has 0 atom stereocenters. The number of guanidine groups is 1. The molecule has 0 bridgehead atoms. The van der Waals surface area contributed by atoms with E-state index in [0.717, 1.165) is 30.0 Å². The van der Waals surface area contributed by atoms with Gasteiger partial charge < -0.3 is 5.32 Å². The molecule has 0 aliphatic heterocycles. The molecule has 0 unspecified atom stereocenters. The predicted octanol–water partition coefficient (Wildman–Crippen LogP) is 3.34. The minimum atomic E-state index is -4.45. The Morgan fingerprint density at radius 2 is 1.88 bits per heavy atom. The molecule has 0 fully saturated rings. The van der Waals surface area contributed by atoms with E-state index in [1.807, 2.05) is 20.8 Å². The minimum absolute atomic E-state index is 0.0875. The molecule has 2 rings (SSSR count). The molecule has 134 valence electrons. The number of aromatic nitrogens is 2. The lowest BCUT2D eigenvalue weighted by Gasteiger charge is -2.12. The number of hydrogen-bond donors (Lipinski definition) is 3. The van der Waals surface area contributed by atoms with Crippen LogP contribution in [0.3, 0.4) is 0 Å². The van der Waals surface area contributed by atoms with Crippen molar-refractivity contribution in [2.45, 2.75) is 33.0 Å². The molecule has 6 nitrogen and oxygen atoms in total. The summed E-state index contributed by atoms with van der Waals surface area (Å²) in [6.07, 6.45) is -4.45. The van der Waals surface area contributed by atoms with Gasteiger partial charge in [-0.05, 0) is 45.0 Å². The Morgan fingerprint density at radius 1 is 1.24 bits per heavy atom. The second-order valence-corrected chi connectivity index (χ2v) is 5.66. The number of benzene rings is 1. The molecule has 1 aromatic heterocycles. The Labute approximate surface area is 142 Å². The van der Waals surface area contributed by atoms with Gasteiger partial charge in [0.15, 0.2) is 5.82 Å². The van der Waals surface area contributed by atoms with Crippen LogP contribution in [0.2, 0.25) is 0 Å². The number of alkyl halides is 3. The van der Waals surface area contributed by atoms with Gasteiger partial charge in [-0.2, -0.15) is 18.3 Å². The van der Waals surface area contributed by atoms with Crippen LogP contribution in [0.25, 0.3) is 0 Å². The molecule has 0 saturated carbocycles. The van der Waals surface area contributed by atoms with Crippen molar-refractivity contribution in [2.75, 3.05) is 5.32 Å². The largest absolute Gasteiger partial charge is 0.416 e. The number of nitrogens with one attached hydrogen (secondary N) is 3. The lowest BCUT2D eigenvalue weighted by molar-refractivity contribution is -0.137. The number of carbonyl (C=O) groups is 1. The summed E-state index contributed by atoms with van der Waals surface area (Å²) in [4.78, 5) is 16.5. The highest BCUT2D eigenvalue weighted by molar-refractivity contribution is 6.09. The smallest absolute Gasteiger partial charge is 0.309 e. The number of hydrogen-bond acceptors (Lipinski definition) is 3. The first-order valence-corrected chi connectivity index (χ1v) is 7.50. The van der Waals surface area contributed by atoms with Gasteiger partial charge >= 0.3 is 6.18 Å². The van der Waals surface area contributed by atoms with E-state index in [-0.39, 0.29) is 17.6 Å². The summed E-state index contributed by atoms with van der Waals surface area (Å²) in [5, 5.41) is 12.1. The Kier molecular flexibility index (Phi) is 5.45. The quantitative estimate of drug-likeness (QED) is 0.585. The van der Waals surface area contributed by atoms with E-state index in [1.54, 1.807) is 6.07 Å². The zero-order valence-electron chi connectivity index (χ0n) is 13.9. The lowest BCUT2D eigenvalue weighted by Crippen LogP contribution is -2.36. The summed E-state index contributed by atoms with van der Waals surface area (Å²) < 4.78 is 37.7. The molecule has 0 spiro atoms. The number of aryl methyl sites for hydroxylation is 1. The Morgan fingerprint density at radius 3 is 2.36 bits per heavy atom. The van der Waals surface area contributed by atoms with Crippen molar-refractivity contribution in [2.24, 2.45) is 4.99 Å². The molecule has 0 aliphatic rings. The second kappa shape index (κ2) is 7.37. The SMILES string of the molecule is Cc1cc(NC(=NC(C)C)NC(=O)c2ccc(C(F)(F)F)cc2)n[nH]1. The van der Waals surface area contributed by atoms with Crippen LogP contribution >= 0.6 is 0 Å². The first kappa shape index (κ1) is 18.5. The highest BCUT2D eigenvalue weighted by Gasteiger charge is 2.30. The van der Waals surface area contributed by atoms with Crippen molar-refractivity contribution < 1.29 is 18.0 Å². The van der Waals surface area contributed by atoms with Gasteiger partial charge in [0.05, 0.1) is 5.56 Å². The molecule has 0 radical (unpaired) electrons. The van der Waals surface area contributed by atoms with Gasteiger partial charge in [-0.1, -0.05) is 0 Å². The van der Waals surface area contributed by atoms with Crippen LogP contribution in [-0.4, -0.2) is 28.1 Å². The fourth-order valence-electron chi connectivity index (χ4n) is 1.95. The number of rotatable bonds is 3. The fraction of sp³-hybridized carbons (Fsp3) is 0.312. The molecule has 25 heavy (non-hydrogen) atoms. The van der Waals surface area contributed by atoms with Crippen LogP contribution in [0.1, 0.15) is 35.5 Å². The van der Waals surface area contributed by atoms with Crippen molar-refractivity contribution in [3.63, 3.8) is 0 Å². The van der Waals surface area contributed by atoms with E-state index in [9.17, 15) is 18.0 Å². The summed E-state index contributed by atoms with van der Waals surface area (Å²) in [6, 6.07) is 5.56. The maximum atomic E-state index is 12.6. The van der Waals surface area contributed by atoms with Crippen LogP contribution in [0.5, 0.6) is 0 Å². The lowest BCUT2D eigenvalue weighted by atomic mass is 10.1. The molecule has 0 saturated heterocycles. The van der Waals surface area contributed by atoms with Crippen molar-refractivity contribution in [1.82, 2.24) is 15.5 Å². The molecule has 1 aromatic carbocycles. The third-order valence-electron chi connectivity index (χ3n) is 3.05. The van der Waals surface area contributed by atoms with Crippen molar-refractivity contribution in [3.8, 4) is 0 Å². The number of anilines is 1. The van der Waals surface area contributed by atoms with Crippen molar-refractivity contribution in [3.05, 3.63) is 47.2 Å². The normalized spacial score (nSPS) is 12.4. The number of carbonyl (C=O) groups excluding carboxylic acids is 1. The Hall–Kier alpha value is -2.84. The van der Waals surface area contributed by atoms with Crippen molar-refractivity contribution >= 4 is 17.7 Å². The Bertz CT molecular complexity index is 763. The van der Waals surface area contributed by atoms with E-state index < -0.39 is 17.6 Å². The van der Waals surface area contributed by atoms with Gasteiger partial charge in [0.25, 0.3) is 5.91 Å². The van der Waals surface area contributed by atoms with E-state index in [2.05, 4.69) is 25.8 Å². The van der Waals surface area contributed by atoms with Crippen LogP contribution in [-0.2, 0) is 6.18 Å². The molecular weight excluding hydrogens is 335 g/mol. The summed E-state index contributed by atoms with van der Waals surface area (Å²) >= 11 is 0. The monoisotopic (exact) mass is 353 g/mol. The van der Waals surface area contributed by atoms with E-state index in [0.29, 0.717) is 5.82 Å². The zero-order chi connectivity index (χ0) is 18.6. The van der Waals surface area contributed by atoms with E-state index in [4.69, 9.17) is 0 Å². The first-order chi connectivity index (χ1) is 11.6. The van der Waals surface area contributed by atoms with Gasteiger partial charge in [-0.3, -0.25) is 15.2 Å². The number of nitrogens with zero attached hydrogens (tertiary/aromatic N) is 2. The van der Waals surface area contributed by atoms with Gasteiger partial charge in [0, 0.05) is 23.4 Å². The maximum Gasteiger partial charge on any atom is 0.416 e. The standard InChI is InChI=1S/C16H18F3N5O/c1-9(2)20-15(21-13-8-10(3)23-24-13)22-14(25)11-4-6-12(7-5-11)16(17,18)19/h4-9H,1-3H3,(H3,20,21,22,23,24,25). The second-order valence-electron chi connectivity index (χ2n) is 5.66. The summed E-state index contributed by atoms with van der Waals surface area (Å²) in [6.45, 7) is 5.46. The van der Waals surface area contributed by atoms with Gasteiger partial charge in [-0.15, -0.1) is 0 Å². The highest BCUT2D eigenvalue weighted by atomic mass is 19.4. The topological polar surface area (TPSA) is 82.2 Å². The number of amides is 1. The molecular formula is C16H18F3N5O. The number of aliphatic imine (C=N–C) groups is 1. The zero-order valence-corrected chi connectivity index (χ0v) is 13.9. The average molecular weight is 353 g/mol. The molecule has 1 heterocycles.